The SMILES string of the molecule is OCC1(NCc2ccc(OCC(F)F)cc2)CCc2ccccc21. The molecule has 1 atom stereocenters. The molecule has 0 bridgehead atoms. The Morgan fingerprint density at radius 3 is 2.58 bits per heavy atom. The first kappa shape index (κ1) is 16.9. The molecule has 0 saturated heterocycles. The predicted octanol–water partition coefficient (Wildman–Crippen LogP) is 3.25. The van der Waals surface area contributed by atoms with Gasteiger partial charge in [0, 0.05) is 6.54 Å². The Morgan fingerprint density at radius 1 is 1.12 bits per heavy atom. The molecule has 2 N–H and O–H groups in total. The van der Waals surface area contributed by atoms with Gasteiger partial charge >= 0.3 is 0 Å². The minimum Gasteiger partial charge on any atom is -0.488 e. The number of hydrogen-bond donors (Lipinski definition) is 2. The van der Waals surface area contributed by atoms with Gasteiger partial charge in [-0.1, -0.05) is 36.4 Å². The average Bonchev–Trinajstić information content (AvgIpc) is 2.98. The van der Waals surface area contributed by atoms with E-state index in [2.05, 4.69) is 17.4 Å². The molecule has 0 heterocycles. The summed E-state index contributed by atoms with van der Waals surface area (Å²) in [6.07, 6.45) is -0.666. The fourth-order valence-electron chi connectivity index (χ4n) is 3.23. The van der Waals surface area contributed by atoms with Gasteiger partial charge in [0.1, 0.15) is 12.4 Å². The third kappa shape index (κ3) is 3.57. The minimum atomic E-state index is -2.47. The number of ether oxygens (including phenoxy) is 1. The van der Waals surface area contributed by atoms with Gasteiger partial charge in [-0.15, -0.1) is 0 Å². The van der Waals surface area contributed by atoms with Crippen molar-refractivity contribution in [2.24, 2.45) is 0 Å². The summed E-state index contributed by atoms with van der Waals surface area (Å²) in [6.45, 7) is 0.0334. The Hall–Kier alpha value is -1.98. The van der Waals surface area contributed by atoms with E-state index in [-0.39, 0.29) is 6.61 Å². The van der Waals surface area contributed by atoms with Crippen LogP contribution >= 0.6 is 0 Å². The highest BCUT2D eigenvalue weighted by atomic mass is 19.3. The molecule has 5 heteroatoms. The van der Waals surface area contributed by atoms with Gasteiger partial charge in [0.25, 0.3) is 6.43 Å². The molecule has 1 unspecified atom stereocenters. The standard InChI is InChI=1S/C19H21F2NO2/c20-18(21)12-24-16-7-5-14(6-8-16)11-22-19(13-23)10-9-15-3-1-2-4-17(15)19/h1-8,18,22-23H,9-13H2. The van der Waals surface area contributed by atoms with Crippen LogP contribution in [0.15, 0.2) is 48.5 Å². The van der Waals surface area contributed by atoms with Gasteiger partial charge < -0.3 is 15.2 Å². The molecule has 128 valence electrons. The van der Waals surface area contributed by atoms with Gasteiger partial charge in [0.05, 0.1) is 12.1 Å². The molecule has 3 nitrogen and oxygen atoms in total. The van der Waals surface area contributed by atoms with Crippen LogP contribution in [-0.4, -0.2) is 24.7 Å². The summed E-state index contributed by atoms with van der Waals surface area (Å²) in [4.78, 5) is 0. The molecule has 0 radical (unpaired) electrons. The molecule has 2 aromatic rings. The summed E-state index contributed by atoms with van der Waals surface area (Å²) in [5, 5.41) is 13.4. The normalized spacial score (nSPS) is 19.5. The van der Waals surface area contributed by atoms with Crippen LogP contribution in [0.5, 0.6) is 5.75 Å². The van der Waals surface area contributed by atoms with Crippen LogP contribution in [0.1, 0.15) is 23.1 Å². The molecular formula is C19H21F2NO2. The largest absolute Gasteiger partial charge is 0.488 e. The lowest BCUT2D eigenvalue weighted by Crippen LogP contribution is -2.43. The molecule has 0 saturated carbocycles. The number of benzene rings is 2. The van der Waals surface area contributed by atoms with Crippen LogP contribution in [0.2, 0.25) is 0 Å². The number of halogens is 2. The summed E-state index contributed by atoms with van der Waals surface area (Å²) in [5.41, 5.74) is 3.03. The van der Waals surface area contributed by atoms with E-state index in [1.807, 2.05) is 24.3 Å². The zero-order valence-electron chi connectivity index (χ0n) is 13.3. The van der Waals surface area contributed by atoms with E-state index in [1.54, 1.807) is 12.1 Å². The van der Waals surface area contributed by atoms with Crippen molar-refractivity contribution in [3.63, 3.8) is 0 Å². The molecule has 1 aliphatic rings. The topological polar surface area (TPSA) is 41.5 Å². The first-order chi connectivity index (χ1) is 11.6. The number of fused-ring (bicyclic) bond motifs is 1. The molecular weight excluding hydrogens is 312 g/mol. The van der Waals surface area contributed by atoms with Crippen molar-refractivity contribution >= 4 is 0 Å². The number of alkyl halides is 2. The van der Waals surface area contributed by atoms with Gasteiger partial charge in [0.15, 0.2) is 0 Å². The Balaban J connectivity index is 1.65. The maximum atomic E-state index is 12.1. The lowest BCUT2D eigenvalue weighted by molar-refractivity contribution is 0.0819. The molecule has 24 heavy (non-hydrogen) atoms. The average molecular weight is 333 g/mol. The highest BCUT2D eigenvalue weighted by Crippen LogP contribution is 2.36. The highest BCUT2D eigenvalue weighted by molar-refractivity contribution is 5.39. The smallest absolute Gasteiger partial charge is 0.272 e. The third-order valence-electron chi connectivity index (χ3n) is 4.55. The highest BCUT2D eigenvalue weighted by Gasteiger charge is 2.37. The van der Waals surface area contributed by atoms with E-state index in [9.17, 15) is 13.9 Å². The molecule has 0 aromatic heterocycles. The first-order valence-corrected chi connectivity index (χ1v) is 8.07. The van der Waals surface area contributed by atoms with E-state index in [4.69, 9.17) is 4.74 Å². The second kappa shape index (κ2) is 7.28. The van der Waals surface area contributed by atoms with Crippen molar-refractivity contribution in [1.29, 1.82) is 0 Å². The fourth-order valence-corrected chi connectivity index (χ4v) is 3.23. The zero-order chi connectivity index (χ0) is 17.0. The summed E-state index contributed by atoms with van der Waals surface area (Å²) in [5.74, 6) is 0.433. The minimum absolute atomic E-state index is 0.0413. The first-order valence-electron chi connectivity index (χ1n) is 8.07. The van der Waals surface area contributed by atoms with Gasteiger partial charge in [-0.2, -0.15) is 0 Å². The maximum Gasteiger partial charge on any atom is 0.272 e. The Bertz CT molecular complexity index is 675. The molecule has 3 rings (SSSR count). The summed E-state index contributed by atoms with van der Waals surface area (Å²) >= 11 is 0. The maximum absolute atomic E-state index is 12.1. The van der Waals surface area contributed by atoms with Crippen molar-refractivity contribution in [1.82, 2.24) is 5.32 Å². The van der Waals surface area contributed by atoms with Crippen LogP contribution in [-0.2, 0) is 18.5 Å². The van der Waals surface area contributed by atoms with E-state index < -0.39 is 18.6 Å². The zero-order valence-corrected chi connectivity index (χ0v) is 13.3. The van der Waals surface area contributed by atoms with Crippen LogP contribution in [0.25, 0.3) is 0 Å². The van der Waals surface area contributed by atoms with Crippen LogP contribution in [0, 0.1) is 0 Å². The fraction of sp³-hybridized carbons (Fsp3) is 0.368. The number of aliphatic hydroxyl groups is 1. The lowest BCUT2D eigenvalue weighted by atomic mass is 9.92. The third-order valence-corrected chi connectivity index (χ3v) is 4.55. The lowest BCUT2D eigenvalue weighted by Gasteiger charge is -2.30. The quantitative estimate of drug-likeness (QED) is 0.817. The number of rotatable bonds is 7. The van der Waals surface area contributed by atoms with Crippen molar-refractivity contribution in [2.75, 3.05) is 13.2 Å². The van der Waals surface area contributed by atoms with Crippen LogP contribution in [0.3, 0.4) is 0 Å². The van der Waals surface area contributed by atoms with Crippen LogP contribution in [0.4, 0.5) is 8.78 Å². The van der Waals surface area contributed by atoms with Gasteiger partial charge in [-0.05, 0) is 41.7 Å². The number of nitrogens with one attached hydrogen (secondary N) is 1. The summed E-state index contributed by atoms with van der Waals surface area (Å²) < 4.78 is 29.3. The molecule has 0 fully saturated rings. The number of aryl methyl sites for hydroxylation is 1. The van der Waals surface area contributed by atoms with Gasteiger partial charge in [-0.25, -0.2) is 8.78 Å². The summed E-state index contributed by atoms with van der Waals surface area (Å²) in [6, 6.07) is 15.2. The van der Waals surface area contributed by atoms with Crippen molar-refractivity contribution in [3.05, 3.63) is 65.2 Å². The van der Waals surface area contributed by atoms with E-state index >= 15 is 0 Å². The van der Waals surface area contributed by atoms with Gasteiger partial charge in [0.2, 0.25) is 0 Å². The van der Waals surface area contributed by atoms with E-state index in [0.717, 1.165) is 24.0 Å². The van der Waals surface area contributed by atoms with Crippen LogP contribution < -0.4 is 10.1 Å². The second-order valence-corrected chi connectivity index (χ2v) is 6.10. The van der Waals surface area contributed by atoms with Crippen molar-refractivity contribution in [3.8, 4) is 5.75 Å². The van der Waals surface area contributed by atoms with Crippen molar-refractivity contribution in [2.45, 2.75) is 31.4 Å². The second-order valence-electron chi connectivity index (χ2n) is 6.10. The van der Waals surface area contributed by atoms with Gasteiger partial charge in [-0.3, -0.25) is 0 Å². The summed E-state index contributed by atoms with van der Waals surface area (Å²) in [7, 11) is 0. The molecule has 0 amide bonds. The molecule has 2 aromatic carbocycles. The van der Waals surface area contributed by atoms with Crippen molar-refractivity contribution < 1.29 is 18.6 Å². The number of hydrogen-bond acceptors (Lipinski definition) is 3. The monoisotopic (exact) mass is 333 g/mol. The Labute approximate surface area is 140 Å². The Morgan fingerprint density at radius 2 is 1.88 bits per heavy atom. The predicted molar refractivity (Wildman–Crippen MR) is 88.3 cm³/mol. The van der Waals surface area contributed by atoms with E-state index in [0.29, 0.717) is 12.3 Å². The molecule has 0 aliphatic heterocycles. The van der Waals surface area contributed by atoms with E-state index in [1.165, 1.54) is 5.56 Å². The molecule has 1 aliphatic carbocycles. The number of aliphatic hydroxyl groups excluding tert-OH is 1. The molecule has 0 spiro atoms. The Kier molecular flexibility index (Phi) is 5.11.